The molecular weight excluding hydrogens is 372 g/mol. The van der Waals surface area contributed by atoms with Crippen molar-refractivity contribution in [1.82, 2.24) is 29.9 Å². The molecule has 8 heteroatoms. The second-order valence-electron chi connectivity index (χ2n) is 6.71. The van der Waals surface area contributed by atoms with Gasteiger partial charge in [-0.15, -0.1) is 5.10 Å². The Morgan fingerprint density at radius 1 is 1.25 bits per heavy atom. The molecule has 0 aliphatic rings. The number of aryl methyl sites for hydroxylation is 2. The lowest BCUT2D eigenvalue weighted by Crippen LogP contribution is -2.28. The van der Waals surface area contributed by atoms with Gasteiger partial charge in [0.05, 0.1) is 6.42 Å². The molecule has 28 heavy (non-hydrogen) atoms. The number of amides is 1. The van der Waals surface area contributed by atoms with Crippen LogP contribution in [0.5, 0.6) is 0 Å². The van der Waals surface area contributed by atoms with Crippen molar-refractivity contribution in [2.45, 2.75) is 31.8 Å². The summed E-state index contributed by atoms with van der Waals surface area (Å²) in [6.45, 7) is 4.46. The number of hydrogen-bond acceptors (Lipinski definition) is 5. The summed E-state index contributed by atoms with van der Waals surface area (Å²) >= 11 is 1.47. The lowest BCUT2D eigenvalue weighted by Gasteiger charge is -2.10. The van der Waals surface area contributed by atoms with Gasteiger partial charge in [0.1, 0.15) is 0 Å². The van der Waals surface area contributed by atoms with Crippen molar-refractivity contribution < 1.29 is 4.79 Å². The number of fused-ring (bicyclic) bond motifs is 2. The third-order valence-corrected chi connectivity index (χ3v) is 5.48. The van der Waals surface area contributed by atoms with E-state index in [0.717, 1.165) is 28.9 Å². The zero-order chi connectivity index (χ0) is 19.7. The number of carbonyl (C=O) groups excluding carboxylic acids is 1. The van der Waals surface area contributed by atoms with E-state index in [9.17, 15) is 4.79 Å². The molecule has 0 aliphatic heterocycles. The number of hydrogen-bond donors (Lipinski definition) is 2. The van der Waals surface area contributed by atoms with Gasteiger partial charge in [0.2, 0.25) is 11.1 Å². The third-order valence-electron chi connectivity index (χ3n) is 4.94. The average Bonchev–Trinajstić information content (AvgIpc) is 3.29. The van der Waals surface area contributed by atoms with Gasteiger partial charge in [-0.25, -0.2) is 9.50 Å². The molecule has 0 unspecified atom stereocenters. The van der Waals surface area contributed by atoms with E-state index in [0.29, 0.717) is 17.5 Å². The second kappa shape index (κ2) is 7.63. The van der Waals surface area contributed by atoms with Gasteiger partial charge in [0.25, 0.3) is 5.78 Å². The number of aromatic nitrogens is 5. The van der Waals surface area contributed by atoms with Crippen LogP contribution in [-0.4, -0.2) is 43.3 Å². The number of nitrogens with zero attached hydrogens (tertiary/aromatic N) is 4. The number of thioether (sulfide) groups is 1. The number of nitrogens with one attached hydrogen (secondary N) is 2. The fourth-order valence-electron chi connectivity index (χ4n) is 3.43. The first kappa shape index (κ1) is 18.5. The highest BCUT2D eigenvalue weighted by molar-refractivity contribution is 7.98. The number of H-pyrrole nitrogens is 1. The molecule has 0 spiro atoms. The van der Waals surface area contributed by atoms with Gasteiger partial charge in [-0.1, -0.05) is 30.0 Å². The van der Waals surface area contributed by atoms with E-state index in [1.807, 2.05) is 38.4 Å². The molecule has 0 aliphatic carbocycles. The first-order valence-electron chi connectivity index (χ1n) is 9.15. The molecule has 0 radical (unpaired) electrons. The maximum absolute atomic E-state index is 12.5. The molecule has 4 aromatic rings. The molecular formula is C20H22N6OS. The van der Waals surface area contributed by atoms with Crippen LogP contribution in [0.1, 0.15) is 22.5 Å². The van der Waals surface area contributed by atoms with Crippen LogP contribution in [0.2, 0.25) is 0 Å². The second-order valence-corrected chi connectivity index (χ2v) is 7.48. The van der Waals surface area contributed by atoms with Crippen LogP contribution in [-0.2, 0) is 17.6 Å². The molecule has 3 aromatic heterocycles. The molecule has 7 nitrogen and oxygen atoms in total. The van der Waals surface area contributed by atoms with E-state index in [4.69, 9.17) is 0 Å². The normalized spacial score (nSPS) is 11.4. The van der Waals surface area contributed by atoms with Crippen molar-refractivity contribution in [3.05, 3.63) is 53.0 Å². The molecule has 0 bridgehead atoms. The summed E-state index contributed by atoms with van der Waals surface area (Å²) in [7, 11) is 0. The van der Waals surface area contributed by atoms with Crippen molar-refractivity contribution in [3.8, 4) is 0 Å². The molecule has 0 atom stereocenters. The highest BCUT2D eigenvalue weighted by Gasteiger charge is 2.16. The van der Waals surface area contributed by atoms with Crippen LogP contribution in [0.15, 0.2) is 35.6 Å². The Morgan fingerprint density at radius 3 is 2.89 bits per heavy atom. The fourth-order valence-corrected chi connectivity index (χ4v) is 3.77. The predicted octanol–water partition coefficient (Wildman–Crippen LogP) is 2.85. The Balaban J connectivity index is 1.43. The van der Waals surface area contributed by atoms with Gasteiger partial charge in [-0.3, -0.25) is 4.79 Å². The SMILES string of the molecule is CSc1nc2nc(C)c(CC(=O)NCCc3c[nH]c4ccccc34)c(C)n2n1. The van der Waals surface area contributed by atoms with Crippen LogP contribution >= 0.6 is 11.8 Å². The molecule has 0 saturated heterocycles. The summed E-state index contributed by atoms with van der Waals surface area (Å²) < 4.78 is 1.72. The average molecular weight is 395 g/mol. The van der Waals surface area contributed by atoms with Crippen LogP contribution in [0.3, 0.4) is 0 Å². The highest BCUT2D eigenvalue weighted by atomic mass is 32.2. The lowest BCUT2D eigenvalue weighted by molar-refractivity contribution is -0.120. The largest absolute Gasteiger partial charge is 0.361 e. The molecule has 0 saturated carbocycles. The van der Waals surface area contributed by atoms with Crippen LogP contribution in [0, 0.1) is 13.8 Å². The van der Waals surface area contributed by atoms with Crippen molar-refractivity contribution in [2.75, 3.05) is 12.8 Å². The molecule has 4 rings (SSSR count). The summed E-state index contributed by atoms with van der Waals surface area (Å²) in [5.74, 6) is 0.556. The first-order chi connectivity index (χ1) is 13.6. The maximum Gasteiger partial charge on any atom is 0.253 e. The zero-order valence-corrected chi connectivity index (χ0v) is 16.9. The van der Waals surface area contributed by atoms with Crippen LogP contribution < -0.4 is 5.32 Å². The van der Waals surface area contributed by atoms with Crippen molar-refractivity contribution >= 4 is 34.3 Å². The number of aromatic amines is 1. The monoisotopic (exact) mass is 394 g/mol. The maximum atomic E-state index is 12.5. The molecule has 3 heterocycles. The van der Waals surface area contributed by atoms with Crippen molar-refractivity contribution in [1.29, 1.82) is 0 Å². The summed E-state index contributed by atoms with van der Waals surface area (Å²) in [5, 5.41) is 9.34. The van der Waals surface area contributed by atoms with Crippen molar-refractivity contribution in [3.63, 3.8) is 0 Å². The topological polar surface area (TPSA) is 88.0 Å². The minimum atomic E-state index is -0.0163. The van der Waals surface area contributed by atoms with Gasteiger partial charge in [-0.05, 0) is 38.2 Å². The Morgan fingerprint density at radius 2 is 2.07 bits per heavy atom. The molecule has 0 fully saturated rings. The summed E-state index contributed by atoms with van der Waals surface area (Å²) in [6.07, 6.45) is 5.00. The Bertz CT molecular complexity index is 1160. The number of rotatable bonds is 6. The van der Waals surface area contributed by atoms with E-state index < -0.39 is 0 Å². The van der Waals surface area contributed by atoms with E-state index in [-0.39, 0.29) is 12.3 Å². The number of carbonyl (C=O) groups is 1. The lowest BCUT2D eigenvalue weighted by atomic mass is 10.1. The minimum absolute atomic E-state index is 0.0163. The minimum Gasteiger partial charge on any atom is -0.361 e. The van der Waals surface area contributed by atoms with E-state index in [1.54, 1.807) is 4.52 Å². The van der Waals surface area contributed by atoms with Gasteiger partial charge in [0, 0.05) is 40.6 Å². The molecule has 1 amide bonds. The smallest absolute Gasteiger partial charge is 0.253 e. The van der Waals surface area contributed by atoms with Crippen LogP contribution in [0.25, 0.3) is 16.7 Å². The van der Waals surface area contributed by atoms with Gasteiger partial charge in [-0.2, -0.15) is 4.98 Å². The Labute approximate surface area is 167 Å². The number of para-hydroxylation sites is 1. The van der Waals surface area contributed by atoms with Gasteiger partial charge in [0.15, 0.2) is 0 Å². The van der Waals surface area contributed by atoms with Gasteiger partial charge < -0.3 is 10.3 Å². The van der Waals surface area contributed by atoms with Gasteiger partial charge >= 0.3 is 0 Å². The van der Waals surface area contributed by atoms with E-state index in [2.05, 4.69) is 37.5 Å². The summed E-state index contributed by atoms with van der Waals surface area (Å²) in [4.78, 5) is 24.7. The van der Waals surface area contributed by atoms with Crippen LogP contribution in [0.4, 0.5) is 0 Å². The Hall–Kier alpha value is -2.87. The molecule has 1 aromatic carbocycles. The van der Waals surface area contributed by atoms with E-state index in [1.165, 1.54) is 22.7 Å². The highest BCUT2D eigenvalue weighted by Crippen LogP contribution is 2.18. The zero-order valence-electron chi connectivity index (χ0n) is 16.1. The first-order valence-corrected chi connectivity index (χ1v) is 10.4. The molecule has 144 valence electrons. The van der Waals surface area contributed by atoms with Crippen molar-refractivity contribution in [2.24, 2.45) is 0 Å². The molecule has 2 N–H and O–H groups in total. The fraction of sp³-hybridized carbons (Fsp3) is 0.300. The predicted molar refractivity (Wildman–Crippen MR) is 111 cm³/mol. The quantitative estimate of drug-likeness (QED) is 0.491. The standard InChI is InChI=1S/C20H22N6OS/c1-12-16(13(2)26-19(23-12)24-20(25-26)28-3)10-18(27)21-9-8-14-11-22-17-7-5-4-6-15(14)17/h4-7,11,22H,8-10H2,1-3H3,(H,21,27). The summed E-state index contributed by atoms with van der Waals surface area (Å²) in [6, 6.07) is 8.19. The Kier molecular flexibility index (Phi) is 5.04. The van der Waals surface area contributed by atoms with E-state index >= 15 is 0 Å². The number of benzene rings is 1. The summed E-state index contributed by atoms with van der Waals surface area (Å²) in [5.41, 5.74) is 4.94. The third kappa shape index (κ3) is 3.47.